The summed E-state index contributed by atoms with van der Waals surface area (Å²) < 4.78 is 82.4. The summed E-state index contributed by atoms with van der Waals surface area (Å²) in [5, 5.41) is 0. The summed E-state index contributed by atoms with van der Waals surface area (Å²) >= 11 is 0. The monoisotopic (exact) mass is 320 g/mol. The van der Waals surface area contributed by atoms with Crippen LogP contribution in [0.1, 0.15) is 11.1 Å². The molecule has 0 aromatic heterocycles. The molecule has 0 aliphatic heterocycles. The van der Waals surface area contributed by atoms with Gasteiger partial charge in [0, 0.05) is 5.56 Å². The topological polar surface area (TPSA) is 9.23 Å². The van der Waals surface area contributed by atoms with Gasteiger partial charge in [-0.25, -0.2) is 0 Å². The van der Waals surface area contributed by atoms with E-state index in [4.69, 9.17) is 4.74 Å². The van der Waals surface area contributed by atoms with E-state index in [2.05, 4.69) is 0 Å². The molecule has 0 saturated carbocycles. The Labute approximate surface area is 122 Å². The van der Waals surface area contributed by atoms with Gasteiger partial charge in [-0.1, -0.05) is 18.2 Å². The highest BCUT2D eigenvalue weighted by Crippen LogP contribution is 2.42. The summed E-state index contributed by atoms with van der Waals surface area (Å²) in [7, 11) is 1.18. The smallest absolute Gasteiger partial charge is 0.417 e. The Morgan fingerprint density at radius 2 is 1.41 bits per heavy atom. The number of alkyl halides is 6. The molecule has 0 aliphatic rings. The van der Waals surface area contributed by atoms with E-state index in [0.717, 1.165) is 24.3 Å². The Kier molecular flexibility index (Phi) is 4.08. The van der Waals surface area contributed by atoms with Crippen LogP contribution >= 0.6 is 0 Å². The molecule has 0 saturated heterocycles. The van der Waals surface area contributed by atoms with Crippen LogP contribution in [-0.2, 0) is 12.4 Å². The standard InChI is InChI=1S/C15H10F6O/c1-22-13-7-6-9(14(16,17)18)8-11(13)10-4-2-3-5-12(10)15(19,20)21/h2-8H,1H3. The largest absolute Gasteiger partial charge is 0.496 e. The molecule has 0 amide bonds. The van der Waals surface area contributed by atoms with E-state index in [1.165, 1.54) is 19.2 Å². The summed E-state index contributed by atoms with van der Waals surface area (Å²) in [6, 6.07) is 6.85. The third-order valence-electron chi connectivity index (χ3n) is 3.05. The molecule has 0 fully saturated rings. The molecule has 0 heterocycles. The van der Waals surface area contributed by atoms with Gasteiger partial charge in [-0.05, 0) is 29.8 Å². The molecule has 2 aromatic rings. The van der Waals surface area contributed by atoms with Gasteiger partial charge < -0.3 is 4.74 Å². The second-order valence-corrected chi connectivity index (χ2v) is 4.46. The van der Waals surface area contributed by atoms with Crippen molar-refractivity contribution in [2.75, 3.05) is 7.11 Å². The predicted octanol–water partition coefficient (Wildman–Crippen LogP) is 5.40. The van der Waals surface area contributed by atoms with Gasteiger partial charge in [0.15, 0.2) is 0 Å². The number of methoxy groups -OCH3 is 1. The highest BCUT2D eigenvalue weighted by atomic mass is 19.4. The van der Waals surface area contributed by atoms with Crippen LogP contribution in [0.5, 0.6) is 5.75 Å². The van der Waals surface area contributed by atoms with Crippen molar-refractivity contribution in [3.63, 3.8) is 0 Å². The molecule has 0 spiro atoms. The number of hydrogen-bond acceptors (Lipinski definition) is 1. The van der Waals surface area contributed by atoms with Crippen molar-refractivity contribution in [1.82, 2.24) is 0 Å². The SMILES string of the molecule is COc1ccc(C(F)(F)F)cc1-c1ccccc1C(F)(F)F. The second-order valence-electron chi connectivity index (χ2n) is 4.46. The quantitative estimate of drug-likeness (QED) is 0.673. The van der Waals surface area contributed by atoms with Gasteiger partial charge in [-0.15, -0.1) is 0 Å². The first-order chi connectivity index (χ1) is 10.1. The first-order valence-electron chi connectivity index (χ1n) is 6.06. The Morgan fingerprint density at radius 1 is 0.773 bits per heavy atom. The lowest BCUT2D eigenvalue weighted by Crippen LogP contribution is -2.09. The van der Waals surface area contributed by atoms with Gasteiger partial charge in [-0.3, -0.25) is 0 Å². The zero-order valence-electron chi connectivity index (χ0n) is 11.2. The van der Waals surface area contributed by atoms with Gasteiger partial charge >= 0.3 is 12.4 Å². The van der Waals surface area contributed by atoms with Crippen LogP contribution in [0, 0.1) is 0 Å². The summed E-state index contributed by atoms with van der Waals surface area (Å²) in [6.45, 7) is 0. The lowest BCUT2D eigenvalue weighted by atomic mass is 9.96. The van der Waals surface area contributed by atoms with Crippen molar-refractivity contribution in [2.45, 2.75) is 12.4 Å². The normalized spacial score (nSPS) is 12.3. The minimum atomic E-state index is -4.68. The van der Waals surface area contributed by atoms with E-state index in [9.17, 15) is 26.3 Å². The van der Waals surface area contributed by atoms with Crippen molar-refractivity contribution in [3.8, 4) is 16.9 Å². The van der Waals surface area contributed by atoms with Gasteiger partial charge in [0.1, 0.15) is 5.75 Å². The highest BCUT2D eigenvalue weighted by Gasteiger charge is 2.35. The molecule has 0 bridgehead atoms. The van der Waals surface area contributed by atoms with Crippen LogP contribution in [0.4, 0.5) is 26.3 Å². The molecular weight excluding hydrogens is 310 g/mol. The Hall–Kier alpha value is -2.18. The third kappa shape index (κ3) is 3.18. The van der Waals surface area contributed by atoms with Gasteiger partial charge in [0.05, 0.1) is 18.2 Å². The van der Waals surface area contributed by atoms with E-state index >= 15 is 0 Å². The van der Waals surface area contributed by atoms with Crippen LogP contribution in [0.3, 0.4) is 0 Å². The number of rotatable bonds is 2. The molecule has 7 heteroatoms. The number of hydrogen-bond donors (Lipinski definition) is 0. The zero-order chi connectivity index (χ0) is 16.5. The first-order valence-corrected chi connectivity index (χ1v) is 6.06. The van der Waals surface area contributed by atoms with Crippen LogP contribution in [0.15, 0.2) is 42.5 Å². The lowest BCUT2D eigenvalue weighted by molar-refractivity contribution is -0.137. The molecule has 2 aromatic carbocycles. The highest BCUT2D eigenvalue weighted by molar-refractivity contribution is 5.74. The fourth-order valence-corrected chi connectivity index (χ4v) is 2.06. The van der Waals surface area contributed by atoms with E-state index < -0.39 is 23.5 Å². The van der Waals surface area contributed by atoms with Crippen molar-refractivity contribution < 1.29 is 31.1 Å². The number of benzene rings is 2. The van der Waals surface area contributed by atoms with Gasteiger partial charge in [0.25, 0.3) is 0 Å². The van der Waals surface area contributed by atoms with E-state index in [1.807, 2.05) is 0 Å². The molecule has 0 radical (unpaired) electrons. The lowest BCUT2D eigenvalue weighted by Gasteiger charge is -2.17. The predicted molar refractivity (Wildman–Crippen MR) is 68.4 cm³/mol. The summed E-state index contributed by atoms with van der Waals surface area (Å²) in [4.78, 5) is 0. The van der Waals surface area contributed by atoms with E-state index in [1.54, 1.807) is 0 Å². The molecule has 2 rings (SSSR count). The molecule has 0 unspecified atom stereocenters. The Balaban J connectivity index is 2.72. The molecule has 1 nitrogen and oxygen atoms in total. The Morgan fingerprint density at radius 3 is 1.95 bits per heavy atom. The number of halogens is 6. The van der Waals surface area contributed by atoms with Gasteiger partial charge in [-0.2, -0.15) is 26.3 Å². The van der Waals surface area contributed by atoms with Crippen molar-refractivity contribution in [1.29, 1.82) is 0 Å². The molecule has 22 heavy (non-hydrogen) atoms. The third-order valence-corrected chi connectivity index (χ3v) is 3.05. The van der Waals surface area contributed by atoms with Crippen molar-refractivity contribution >= 4 is 0 Å². The molecule has 0 N–H and O–H groups in total. The molecule has 118 valence electrons. The zero-order valence-corrected chi connectivity index (χ0v) is 11.2. The van der Waals surface area contributed by atoms with Crippen LogP contribution < -0.4 is 4.74 Å². The van der Waals surface area contributed by atoms with Crippen LogP contribution in [0.2, 0.25) is 0 Å². The second kappa shape index (κ2) is 5.55. The summed E-state index contributed by atoms with van der Waals surface area (Å²) in [6.07, 6.45) is -9.34. The molecule has 0 aliphatic carbocycles. The van der Waals surface area contributed by atoms with E-state index in [-0.39, 0.29) is 16.9 Å². The van der Waals surface area contributed by atoms with Gasteiger partial charge in [0.2, 0.25) is 0 Å². The Bertz CT molecular complexity index is 672. The van der Waals surface area contributed by atoms with Crippen molar-refractivity contribution in [2.24, 2.45) is 0 Å². The maximum Gasteiger partial charge on any atom is 0.417 e. The number of ether oxygens (including phenoxy) is 1. The van der Waals surface area contributed by atoms with Crippen molar-refractivity contribution in [3.05, 3.63) is 53.6 Å². The minimum absolute atomic E-state index is 0.0651. The fourth-order valence-electron chi connectivity index (χ4n) is 2.06. The molecule has 0 atom stereocenters. The first kappa shape index (κ1) is 16.2. The maximum absolute atomic E-state index is 13.0. The van der Waals surface area contributed by atoms with E-state index in [0.29, 0.717) is 6.07 Å². The summed E-state index contributed by atoms with van der Waals surface area (Å²) in [5.41, 5.74) is -2.68. The average molecular weight is 320 g/mol. The minimum Gasteiger partial charge on any atom is -0.496 e. The average Bonchev–Trinajstić information content (AvgIpc) is 2.44. The van der Waals surface area contributed by atoms with Crippen LogP contribution in [0.25, 0.3) is 11.1 Å². The molecular formula is C15H10F6O. The van der Waals surface area contributed by atoms with Crippen LogP contribution in [-0.4, -0.2) is 7.11 Å². The fraction of sp³-hybridized carbons (Fsp3) is 0.200. The maximum atomic E-state index is 13.0. The summed E-state index contributed by atoms with van der Waals surface area (Å²) in [5.74, 6) is -0.0651.